The molecule has 158 valence electrons. The number of nitrogens with zero attached hydrogens (tertiary/aromatic N) is 2. The predicted molar refractivity (Wildman–Crippen MR) is 108 cm³/mol. The number of hydrogen-bond acceptors (Lipinski definition) is 7. The number of nitrogens with one attached hydrogen (secondary N) is 3. The molecule has 0 aliphatic carbocycles. The Hall–Kier alpha value is -3.08. The largest absolute Gasteiger partial charge is 0.493 e. The minimum Gasteiger partial charge on any atom is -0.493 e. The molecular weight excluding hydrogens is 398 g/mol. The lowest BCUT2D eigenvalue weighted by Crippen LogP contribution is -2.37. The number of carbonyl (C=O) groups is 2. The number of methoxy groups -OCH3 is 3. The van der Waals surface area contributed by atoms with Gasteiger partial charge in [-0.3, -0.25) is 14.7 Å². The molecule has 1 aromatic carbocycles. The highest BCUT2D eigenvalue weighted by molar-refractivity contribution is 7.71. The van der Waals surface area contributed by atoms with E-state index in [1.54, 1.807) is 0 Å². The van der Waals surface area contributed by atoms with Crippen LogP contribution in [0.4, 0.5) is 0 Å². The zero-order valence-corrected chi connectivity index (χ0v) is 17.6. The monoisotopic (exact) mass is 423 g/mol. The highest BCUT2D eigenvalue weighted by Gasteiger charge is 2.17. The smallest absolute Gasteiger partial charge is 0.251 e. The molecule has 0 aliphatic heterocycles. The maximum atomic E-state index is 12.4. The Bertz CT molecular complexity index is 899. The maximum Gasteiger partial charge on any atom is 0.251 e. The van der Waals surface area contributed by atoms with E-state index in [9.17, 15) is 9.59 Å². The summed E-state index contributed by atoms with van der Waals surface area (Å²) in [5.74, 6) is 1.10. The van der Waals surface area contributed by atoms with Gasteiger partial charge in [-0.05, 0) is 31.3 Å². The molecule has 0 unspecified atom stereocenters. The van der Waals surface area contributed by atoms with Gasteiger partial charge in [0, 0.05) is 25.1 Å². The van der Waals surface area contributed by atoms with Crippen LogP contribution in [0.3, 0.4) is 0 Å². The van der Waals surface area contributed by atoms with Crippen molar-refractivity contribution in [1.29, 1.82) is 0 Å². The summed E-state index contributed by atoms with van der Waals surface area (Å²) in [4.78, 5) is 24.4. The lowest BCUT2D eigenvalue weighted by molar-refractivity contribution is -0.120. The molecule has 11 heteroatoms. The van der Waals surface area contributed by atoms with Crippen molar-refractivity contribution in [3.05, 3.63) is 28.3 Å². The molecule has 0 saturated heterocycles. The molecule has 29 heavy (non-hydrogen) atoms. The first-order valence-electron chi connectivity index (χ1n) is 8.94. The van der Waals surface area contributed by atoms with Gasteiger partial charge in [0.1, 0.15) is 5.82 Å². The van der Waals surface area contributed by atoms with Crippen LogP contribution in [0.15, 0.2) is 12.1 Å². The zero-order chi connectivity index (χ0) is 21.4. The van der Waals surface area contributed by atoms with E-state index in [1.807, 2.05) is 11.5 Å². The number of aromatic amines is 1. The third-order valence-corrected chi connectivity index (χ3v) is 4.47. The lowest BCUT2D eigenvalue weighted by atomic mass is 10.1. The fraction of sp³-hybridized carbons (Fsp3) is 0.444. The summed E-state index contributed by atoms with van der Waals surface area (Å²) >= 11 is 5.13. The van der Waals surface area contributed by atoms with Crippen molar-refractivity contribution in [3.63, 3.8) is 0 Å². The Kier molecular flexibility index (Phi) is 8.01. The molecular formula is C18H25N5O5S. The van der Waals surface area contributed by atoms with Gasteiger partial charge >= 0.3 is 0 Å². The van der Waals surface area contributed by atoms with Crippen molar-refractivity contribution in [2.75, 3.05) is 34.4 Å². The third kappa shape index (κ3) is 5.47. The quantitative estimate of drug-likeness (QED) is 0.489. The summed E-state index contributed by atoms with van der Waals surface area (Å²) in [5.41, 5.74) is 0.283. The summed E-state index contributed by atoms with van der Waals surface area (Å²) in [6, 6.07) is 3.03. The molecule has 0 bridgehead atoms. The highest BCUT2D eigenvalue weighted by atomic mass is 32.1. The first-order chi connectivity index (χ1) is 13.9. The Balaban J connectivity index is 1.90. The first kappa shape index (κ1) is 22.2. The fourth-order valence-corrected chi connectivity index (χ4v) is 3.00. The highest BCUT2D eigenvalue weighted by Crippen LogP contribution is 2.38. The molecule has 0 fully saturated rings. The van der Waals surface area contributed by atoms with E-state index in [-0.39, 0.29) is 18.0 Å². The van der Waals surface area contributed by atoms with Gasteiger partial charge in [0.25, 0.3) is 5.91 Å². The Morgan fingerprint density at radius 2 is 1.79 bits per heavy atom. The Labute approximate surface area is 173 Å². The van der Waals surface area contributed by atoms with Crippen molar-refractivity contribution in [2.45, 2.75) is 19.9 Å². The van der Waals surface area contributed by atoms with Gasteiger partial charge in [-0.25, -0.2) is 0 Å². The molecule has 10 nitrogen and oxygen atoms in total. The van der Waals surface area contributed by atoms with E-state index < -0.39 is 5.91 Å². The van der Waals surface area contributed by atoms with Crippen LogP contribution in [0.5, 0.6) is 17.2 Å². The molecule has 0 spiro atoms. The number of H-pyrrole nitrogens is 1. The third-order valence-electron chi connectivity index (χ3n) is 4.16. The Morgan fingerprint density at radius 3 is 2.34 bits per heavy atom. The first-order valence-corrected chi connectivity index (χ1v) is 9.34. The van der Waals surface area contributed by atoms with E-state index in [0.717, 1.165) is 5.82 Å². The van der Waals surface area contributed by atoms with Gasteiger partial charge in [-0.1, -0.05) is 0 Å². The second kappa shape index (κ2) is 10.5. The molecule has 3 N–H and O–H groups in total. The second-order valence-corrected chi connectivity index (χ2v) is 6.27. The van der Waals surface area contributed by atoms with Crippen LogP contribution in [-0.2, 0) is 17.8 Å². The van der Waals surface area contributed by atoms with Crippen LogP contribution < -0.4 is 24.8 Å². The lowest BCUT2D eigenvalue weighted by Gasteiger charge is -2.14. The van der Waals surface area contributed by atoms with Crippen LogP contribution in [0.25, 0.3) is 0 Å². The van der Waals surface area contributed by atoms with E-state index in [1.165, 1.54) is 33.5 Å². The van der Waals surface area contributed by atoms with Crippen molar-refractivity contribution in [2.24, 2.45) is 0 Å². The molecule has 2 aromatic rings. The van der Waals surface area contributed by atoms with Crippen molar-refractivity contribution in [3.8, 4) is 17.2 Å². The van der Waals surface area contributed by atoms with Crippen molar-refractivity contribution >= 4 is 24.0 Å². The number of aromatic nitrogens is 3. The van der Waals surface area contributed by atoms with Crippen molar-refractivity contribution in [1.82, 2.24) is 25.4 Å². The zero-order valence-electron chi connectivity index (χ0n) is 16.8. The minimum absolute atomic E-state index is 0.171. The summed E-state index contributed by atoms with van der Waals surface area (Å²) in [7, 11) is 4.40. The normalized spacial score (nSPS) is 10.3. The van der Waals surface area contributed by atoms with Gasteiger partial charge in [0.05, 0.1) is 27.9 Å². The topological polar surface area (TPSA) is 120 Å². The predicted octanol–water partition coefficient (Wildman–Crippen LogP) is 1.08. The van der Waals surface area contributed by atoms with Gasteiger partial charge in [-0.15, -0.1) is 0 Å². The fourth-order valence-electron chi connectivity index (χ4n) is 2.72. The molecule has 0 saturated carbocycles. The summed E-state index contributed by atoms with van der Waals surface area (Å²) in [6.45, 7) is 2.87. The van der Waals surface area contributed by atoms with Gasteiger partial charge in [0.15, 0.2) is 16.3 Å². The number of hydrogen-bond donors (Lipinski definition) is 3. The molecule has 2 rings (SSSR count). The van der Waals surface area contributed by atoms with E-state index >= 15 is 0 Å². The summed E-state index contributed by atoms with van der Waals surface area (Å²) in [6.07, 6.45) is 0.521. The van der Waals surface area contributed by atoms with Crippen LogP contribution in [0.1, 0.15) is 23.1 Å². The van der Waals surface area contributed by atoms with Crippen LogP contribution in [0, 0.1) is 4.77 Å². The van der Waals surface area contributed by atoms with Crippen molar-refractivity contribution < 1.29 is 23.8 Å². The second-order valence-electron chi connectivity index (χ2n) is 5.89. The average Bonchev–Trinajstić information content (AvgIpc) is 3.09. The molecule has 1 heterocycles. The van der Waals surface area contributed by atoms with Crippen LogP contribution >= 0.6 is 12.2 Å². The molecule has 1 aromatic heterocycles. The molecule has 2 amide bonds. The van der Waals surface area contributed by atoms with Gasteiger partial charge in [0.2, 0.25) is 11.7 Å². The number of benzene rings is 1. The molecule has 0 atom stereocenters. The number of amides is 2. The standard InChI is InChI=1S/C18H25N5O5S/c1-5-23-14(21-22-18(23)29)6-7-19-15(24)10-20-17(25)11-8-12(26-2)16(28-4)13(9-11)27-3/h8-9H,5-7,10H2,1-4H3,(H,19,24)(H,20,25)(H,22,29). The maximum absolute atomic E-state index is 12.4. The summed E-state index contributed by atoms with van der Waals surface area (Å²) in [5, 5.41) is 12.2. The summed E-state index contributed by atoms with van der Waals surface area (Å²) < 4.78 is 18.1. The molecule has 0 radical (unpaired) electrons. The van der Waals surface area contributed by atoms with Crippen LogP contribution in [0.2, 0.25) is 0 Å². The van der Waals surface area contributed by atoms with E-state index in [4.69, 9.17) is 26.4 Å². The van der Waals surface area contributed by atoms with Gasteiger partial charge < -0.3 is 29.4 Å². The van der Waals surface area contributed by atoms with E-state index in [0.29, 0.717) is 41.5 Å². The van der Waals surface area contributed by atoms with E-state index in [2.05, 4.69) is 20.8 Å². The molecule has 0 aliphatic rings. The minimum atomic E-state index is -0.439. The average molecular weight is 423 g/mol. The number of ether oxygens (including phenoxy) is 3. The van der Waals surface area contributed by atoms with Gasteiger partial charge in [-0.2, -0.15) is 5.10 Å². The number of carbonyl (C=O) groups excluding carboxylic acids is 2. The number of rotatable bonds is 10. The van der Waals surface area contributed by atoms with Crippen LogP contribution in [-0.4, -0.2) is 61.0 Å². The Morgan fingerprint density at radius 1 is 1.14 bits per heavy atom. The SMILES string of the molecule is CCn1c(CCNC(=O)CNC(=O)c2cc(OC)c(OC)c(OC)c2)n[nH]c1=S.